The molecule has 0 fully saturated rings. The molecule has 1 aromatic heterocycles. The second-order valence-electron chi connectivity index (χ2n) is 5.01. The van der Waals surface area contributed by atoms with Crippen LogP contribution in [0.4, 0.5) is 5.69 Å². The van der Waals surface area contributed by atoms with E-state index in [1.165, 1.54) is 16.9 Å². The van der Waals surface area contributed by atoms with Crippen molar-refractivity contribution in [2.45, 2.75) is 25.8 Å². The number of hydrogen-bond donors (Lipinski definition) is 2. The summed E-state index contributed by atoms with van der Waals surface area (Å²) < 4.78 is 0. The van der Waals surface area contributed by atoms with Gasteiger partial charge in [-0.3, -0.25) is 0 Å². The van der Waals surface area contributed by atoms with Crippen LogP contribution in [0, 0.1) is 6.92 Å². The largest absolute Gasteiger partial charge is 0.380 e. The second-order valence-corrected chi connectivity index (χ2v) is 6.08. The smallest absolute Gasteiger partial charge is 0.0897 e. The zero-order chi connectivity index (χ0) is 13.1. The third kappa shape index (κ3) is 3.14. The van der Waals surface area contributed by atoms with Gasteiger partial charge in [-0.25, -0.2) is 4.98 Å². The van der Waals surface area contributed by atoms with Crippen LogP contribution in [0.2, 0.25) is 0 Å². The summed E-state index contributed by atoms with van der Waals surface area (Å²) in [4.78, 5) is 4.48. The molecule has 1 atom stereocenters. The lowest BCUT2D eigenvalue weighted by atomic mass is 10.1. The Kier molecular flexibility index (Phi) is 3.80. The summed E-state index contributed by atoms with van der Waals surface area (Å²) in [5, 5.41) is 10.4. The molecule has 3 nitrogen and oxygen atoms in total. The number of para-hydroxylation sites is 1. The van der Waals surface area contributed by atoms with Crippen molar-refractivity contribution < 1.29 is 0 Å². The van der Waals surface area contributed by atoms with Crippen LogP contribution in [0.5, 0.6) is 0 Å². The summed E-state index contributed by atoms with van der Waals surface area (Å²) in [6.07, 6.45) is 2.14. The van der Waals surface area contributed by atoms with Crippen molar-refractivity contribution in [1.29, 1.82) is 0 Å². The molecule has 2 aromatic rings. The molecule has 19 heavy (non-hydrogen) atoms. The zero-order valence-corrected chi connectivity index (χ0v) is 12.0. The Balaban J connectivity index is 1.40. The predicted molar refractivity (Wildman–Crippen MR) is 81.0 cm³/mol. The maximum atomic E-state index is 4.48. The van der Waals surface area contributed by atoms with E-state index < -0.39 is 0 Å². The highest BCUT2D eigenvalue weighted by Gasteiger charge is 2.18. The van der Waals surface area contributed by atoms with Gasteiger partial charge in [0, 0.05) is 36.6 Å². The van der Waals surface area contributed by atoms with Gasteiger partial charge in [0.15, 0.2) is 0 Å². The maximum Gasteiger partial charge on any atom is 0.0897 e. The first-order chi connectivity index (χ1) is 9.31. The first-order valence-electron chi connectivity index (χ1n) is 6.77. The molecule has 2 N–H and O–H groups in total. The van der Waals surface area contributed by atoms with Gasteiger partial charge in [0.2, 0.25) is 0 Å². The minimum Gasteiger partial charge on any atom is -0.380 e. The van der Waals surface area contributed by atoms with Crippen LogP contribution in [-0.4, -0.2) is 24.1 Å². The van der Waals surface area contributed by atoms with Crippen LogP contribution >= 0.6 is 11.3 Å². The summed E-state index contributed by atoms with van der Waals surface area (Å²) in [6.45, 7) is 4.07. The summed E-state index contributed by atoms with van der Waals surface area (Å²) in [6, 6.07) is 9.09. The lowest BCUT2D eigenvalue weighted by Crippen LogP contribution is -2.32. The molecule has 1 aromatic carbocycles. The van der Waals surface area contributed by atoms with E-state index in [9.17, 15) is 0 Å². The lowest BCUT2D eigenvalue weighted by Gasteiger charge is -2.12. The number of hydrogen-bond acceptors (Lipinski definition) is 4. The highest BCUT2D eigenvalue weighted by molar-refractivity contribution is 7.09. The average molecular weight is 273 g/mol. The Labute approximate surface area is 118 Å². The van der Waals surface area contributed by atoms with E-state index in [4.69, 9.17) is 0 Å². The molecule has 4 heteroatoms. The molecule has 3 rings (SSSR count). The van der Waals surface area contributed by atoms with Gasteiger partial charge in [0.05, 0.1) is 10.7 Å². The van der Waals surface area contributed by atoms with Gasteiger partial charge in [-0.15, -0.1) is 11.3 Å². The number of benzene rings is 1. The quantitative estimate of drug-likeness (QED) is 0.822. The number of nitrogens with zero attached hydrogens (tertiary/aromatic N) is 1. The van der Waals surface area contributed by atoms with Crippen molar-refractivity contribution in [2.24, 2.45) is 0 Å². The third-order valence-corrected chi connectivity index (χ3v) is 4.28. The van der Waals surface area contributed by atoms with Crippen molar-refractivity contribution in [3.63, 3.8) is 0 Å². The van der Waals surface area contributed by atoms with E-state index in [0.717, 1.165) is 30.9 Å². The van der Waals surface area contributed by atoms with Crippen LogP contribution in [0.25, 0.3) is 0 Å². The first kappa shape index (κ1) is 12.6. The number of aromatic nitrogens is 1. The van der Waals surface area contributed by atoms with Crippen LogP contribution in [0.3, 0.4) is 0 Å². The number of fused-ring (bicyclic) bond motifs is 1. The molecule has 2 heterocycles. The summed E-state index contributed by atoms with van der Waals surface area (Å²) >= 11 is 1.73. The molecule has 0 bridgehead atoms. The molecule has 0 saturated heterocycles. The fourth-order valence-electron chi connectivity index (χ4n) is 2.51. The van der Waals surface area contributed by atoms with E-state index in [0.29, 0.717) is 6.04 Å². The zero-order valence-electron chi connectivity index (χ0n) is 11.1. The third-order valence-electron chi connectivity index (χ3n) is 3.46. The SMILES string of the molecule is Cc1nc(CCNCC2Cc3ccccc3N2)cs1. The normalized spacial score (nSPS) is 17.2. The highest BCUT2D eigenvalue weighted by Crippen LogP contribution is 2.24. The molecular formula is C15H19N3S. The van der Waals surface area contributed by atoms with Gasteiger partial charge < -0.3 is 10.6 Å². The van der Waals surface area contributed by atoms with E-state index in [-0.39, 0.29) is 0 Å². The fraction of sp³-hybridized carbons (Fsp3) is 0.400. The molecule has 0 radical (unpaired) electrons. The Hall–Kier alpha value is -1.39. The first-order valence-corrected chi connectivity index (χ1v) is 7.65. The average Bonchev–Trinajstić information content (AvgIpc) is 3.00. The Morgan fingerprint density at radius 1 is 1.42 bits per heavy atom. The molecule has 1 unspecified atom stereocenters. The molecule has 100 valence electrons. The molecule has 0 amide bonds. The Morgan fingerprint density at radius 2 is 2.32 bits per heavy atom. The number of thiazole rings is 1. The van der Waals surface area contributed by atoms with Crippen LogP contribution < -0.4 is 10.6 Å². The van der Waals surface area contributed by atoms with Crippen molar-refractivity contribution >= 4 is 17.0 Å². The van der Waals surface area contributed by atoms with Gasteiger partial charge in [-0.05, 0) is 25.0 Å². The molecule has 0 spiro atoms. The van der Waals surface area contributed by atoms with Crippen molar-refractivity contribution in [1.82, 2.24) is 10.3 Å². The van der Waals surface area contributed by atoms with Gasteiger partial charge >= 0.3 is 0 Å². The number of aryl methyl sites for hydroxylation is 1. The highest BCUT2D eigenvalue weighted by atomic mass is 32.1. The van der Waals surface area contributed by atoms with E-state index in [2.05, 4.69) is 52.2 Å². The minimum absolute atomic E-state index is 0.523. The second kappa shape index (κ2) is 5.72. The summed E-state index contributed by atoms with van der Waals surface area (Å²) in [7, 11) is 0. The van der Waals surface area contributed by atoms with Crippen LogP contribution in [-0.2, 0) is 12.8 Å². The number of anilines is 1. The van der Waals surface area contributed by atoms with Gasteiger partial charge in [0.1, 0.15) is 0 Å². The minimum atomic E-state index is 0.523. The maximum absolute atomic E-state index is 4.48. The molecule has 0 aliphatic carbocycles. The van der Waals surface area contributed by atoms with Gasteiger partial charge in [-0.2, -0.15) is 0 Å². The molecular weight excluding hydrogens is 254 g/mol. The van der Waals surface area contributed by atoms with Gasteiger partial charge in [0.25, 0.3) is 0 Å². The van der Waals surface area contributed by atoms with E-state index in [1.807, 2.05) is 0 Å². The lowest BCUT2D eigenvalue weighted by molar-refractivity contribution is 0.612. The van der Waals surface area contributed by atoms with Crippen molar-refractivity contribution in [3.8, 4) is 0 Å². The summed E-state index contributed by atoms with van der Waals surface area (Å²) in [5.41, 5.74) is 3.94. The monoisotopic (exact) mass is 273 g/mol. The Bertz CT molecular complexity index is 525. The standard InChI is InChI=1S/C15H19N3S/c1-11-17-13(10-19-11)6-7-16-9-14-8-12-4-2-3-5-15(12)18-14/h2-5,10,14,16,18H,6-9H2,1H3. The number of rotatable bonds is 5. The van der Waals surface area contributed by atoms with E-state index >= 15 is 0 Å². The van der Waals surface area contributed by atoms with Gasteiger partial charge in [-0.1, -0.05) is 18.2 Å². The fourth-order valence-corrected chi connectivity index (χ4v) is 3.16. The number of nitrogens with one attached hydrogen (secondary N) is 2. The molecule has 1 aliphatic rings. The van der Waals surface area contributed by atoms with E-state index in [1.54, 1.807) is 11.3 Å². The van der Waals surface area contributed by atoms with Crippen LogP contribution in [0.1, 0.15) is 16.3 Å². The predicted octanol–water partition coefficient (Wildman–Crippen LogP) is 2.62. The van der Waals surface area contributed by atoms with Crippen molar-refractivity contribution in [3.05, 3.63) is 45.9 Å². The summed E-state index contributed by atoms with van der Waals surface area (Å²) in [5.74, 6) is 0. The van der Waals surface area contributed by atoms with Crippen LogP contribution in [0.15, 0.2) is 29.6 Å². The topological polar surface area (TPSA) is 37.0 Å². The molecule has 0 saturated carbocycles. The molecule has 1 aliphatic heterocycles. The van der Waals surface area contributed by atoms with Crippen molar-refractivity contribution in [2.75, 3.05) is 18.4 Å². The Morgan fingerprint density at radius 3 is 3.11 bits per heavy atom.